The fraction of sp³-hybridized carbons (Fsp3) is 0.690. The second-order valence-corrected chi connectivity index (χ2v) is 15.6. The van der Waals surface area contributed by atoms with Crippen molar-refractivity contribution in [3.8, 4) is 0 Å². The molecule has 0 aliphatic carbocycles. The van der Waals surface area contributed by atoms with E-state index < -0.39 is 53.6 Å². The predicted octanol–water partition coefficient (Wildman–Crippen LogP) is 0.795. The van der Waals surface area contributed by atoms with Crippen LogP contribution in [0.4, 0.5) is 0 Å². The summed E-state index contributed by atoms with van der Waals surface area (Å²) in [4.78, 5) is 31.6. The van der Waals surface area contributed by atoms with Gasteiger partial charge >= 0.3 is 41.5 Å². The van der Waals surface area contributed by atoms with E-state index in [4.69, 9.17) is 19.4 Å². The average molecular weight is 724 g/mol. The molecule has 0 aliphatic heterocycles. The van der Waals surface area contributed by atoms with Gasteiger partial charge in [0.25, 0.3) is 0 Å². The van der Waals surface area contributed by atoms with Gasteiger partial charge in [-0.15, -0.1) is 0 Å². The molecule has 0 bridgehead atoms. The van der Waals surface area contributed by atoms with Crippen molar-refractivity contribution in [2.75, 3.05) is 19.5 Å². The number of hydrogen-bond acceptors (Lipinski definition) is 12. The molecular formula is C29H50NNaO12S3. The van der Waals surface area contributed by atoms with Crippen LogP contribution < -0.4 is 34.7 Å². The fourth-order valence-electron chi connectivity index (χ4n) is 3.91. The van der Waals surface area contributed by atoms with Gasteiger partial charge in [-0.3, -0.25) is 9.59 Å². The van der Waals surface area contributed by atoms with Gasteiger partial charge in [0.05, 0.1) is 30.3 Å². The van der Waals surface area contributed by atoms with E-state index in [9.17, 15) is 39.4 Å². The molecule has 0 aromatic heterocycles. The Kier molecular flexibility index (Phi) is 29.3. The van der Waals surface area contributed by atoms with Crippen LogP contribution in [0.25, 0.3) is 0 Å². The molecule has 17 heteroatoms. The first-order valence-corrected chi connectivity index (χ1v) is 19.9. The molecule has 0 heterocycles. The quantitative estimate of drug-likeness (QED) is 0.0805. The molecule has 0 aliphatic rings. The molecule has 1 aromatic rings. The van der Waals surface area contributed by atoms with Crippen molar-refractivity contribution in [3.05, 3.63) is 29.8 Å². The van der Waals surface area contributed by atoms with Gasteiger partial charge < -0.3 is 18.8 Å². The third kappa shape index (κ3) is 26.6. The number of hydrogen-bond donors (Lipinski definition) is 1. The Morgan fingerprint density at radius 3 is 1.65 bits per heavy atom. The molecule has 0 saturated heterocycles. The van der Waals surface area contributed by atoms with Gasteiger partial charge in [-0.1, -0.05) is 96.3 Å². The zero-order valence-electron chi connectivity index (χ0n) is 27.6. The number of nitrogens with two attached hydrogens (primary N) is 1. The Morgan fingerprint density at radius 1 is 0.783 bits per heavy atom. The van der Waals surface area contributed by atoms with E-state index in [1.54, 1.807) is 6.07 Å². The number of ether oxygens (including phenoxy) is 2. The van der Waals surface area contributed by atoms with E-state index >= 15 is 0 Å². The number of sulfonamides is 1. The maximum Gasteiger partial charge on any atom is 1.00 e. The summed E-state index contributed by atoms with van der Waals surface area (Å²) in [5, 5.41) is 2.92. The van der Waals surface area contributed by atoms with Gasteiger partial charge in [-0.05, 0) is 24.5 Å². The summed E-state index contributed by atoms with van der Waals surface area (Å²) in [6, 6.07) is 5.78. The SMILES string of the molecule is C=O.CCCCCCCCOC(=O)CC(C(=O)OCCCCCCCC)S(=O)(=O)[O-].CS(=O)(=O)Cc1ccccc1S(N)(=O)=O.[Na+]. The van der Waals surface area contributed by atoms with Gasteiger partial charge in [0, 0.05) is 6.26 Å². The van der Waals surface area contributed by atoms with Crippen LogP contribution in [0.15, 0.2) is 29.2 Å². The minimum atomic E-state index is -4.98. The van der Waals surface area contributed by atoms with Crippen LogP contribution in [0.3, 0.4) is 0 Å². The molecule has 0 amide bonds. The van der Waals surface area contributed by atoms with Crippen LogP contribution in [0, 0.1) is 0 Å². The molecule has 0 spiro atoms. The molecular weight excluding hydrogens is 674 g/mol. The Bertz CT molecular complexity index is 1300. The van der Waals surface area contributed by atoms with Crippen LogP contribution in [0.1, 0.15) is 103 Å². The Hall–Kier alpha value is -1.40. The summed E-state index contributed by atoms with van der Waals surface area (Å²) in [6.45, 7) is 6.44. The normalized spacial score (nSPS) is 11.8. The van der Waals surface area contributed by atoms with Crippen molar-refractivity contribution < 1.29 is 83.2 Å². The standard InChI is InChI=1S/C20H38O7S.C8H11NO4S2.CH2O.Na/c1-3-5-7-9-11-13-15-26-19(21)17-18(28(23,24)25)20(22)27-16-14-12-10-8-6-4-2;1-14(10,11)6-7-4-2-3-5-8(7)15(9,12)13;1-2;/h18H,3-17H2,1-2H3,(H,23,24,25);2-5H,6H2,1H3,(H2,9,12,13);1H2;/q;;;+1/p-1. The molecule has 1 aromatic carbocycles. The van der Waals surface area contributed by atoms with Gasteiger partial charge in [0.15, 0.2) is 15.1 Å². The molecule has 0 fully saturated rings. The number of primary sulfonamides is 1. The van der Waals surface area contributed by atoms with Gasteiger partial charge in [0.1, 0.15) is 16.9 Å². The number of rotatable bonds is 21. The Balaban J connectivity index is -0.000000863. The molecule has 0 radical (unpaired) electrons. The Labute approximate surface area is 297 Å². The number of benzene rings is 1. The molecule has 13 nitrogen and oxygen atoms in total. The van der Waals surface area contributed by atoms with Crippen LogP contribution in [0.2, 0.25) is 0 Å². The topological polar surface area (TPSA) is 221 Å². The van der Waals surface area contributed by atoms with Crippen molar-refractivity contribution >= 4 is 48.7 Å². The van der Waals surface area contributed by atoms with Crippen molar-refractivity contribution in [1.29, 1.82) is 0 Å². The maximum atomic E-state index is 11.9. The number of esters is 2. The summed E-state index contributed by atoms with van der Waals surface area (Å²) < 4.78 is 88.2. The Morgan fingerprint density at radius 2 is 1.22 bits per heavy atom. The van der Waals surface area contributed by atoms with E-state index in [2.05, 4.69) is 13.8 Å². The fourth-order valence-corrected chi connectivity index (χ4v) is 6.24. The van der Waals surface area contributed by atoms with E-state index in [0.717, 1.165) is 64.0 Å². The molecule has 46 heavy (non-hydrogen) atoms. The number of carbonyl (C=O) groups excluding carboxylic acids is 3. The van der Waals surface area contributed by atoms with Crippen molar-refractivity contribution in [3.63, 3.8) is 0 Å². The van der Waals surface area contributed by atoms with E-state index in [1.807, 2.05) is 6.79 Å². The zero-order chi connectivity index (χ0) is 34.9. The number of carbonyl (C=O) groups is 3. The van der Waals surface area contributed by atoms with Crippen LogP contribution in [-0.2, 0) is 59.6 Å². The third-order valence-corrected chi connectivity index (χ3v) is 9.07. The van der Waals surface area contributed by atoms with E-state index in [-0.39, 0.29) is 59.0 Å². The van der Waals surface area contributed by atoms with Gasteiger partial charge in [0.2, 0.25) is 10.0 Å². The second-order valence-electron chi connectivity index (χ2n) is 10.3. The van der Waals surface area contributed by atoms with Gasteiger partial charge in [-0.25, -0.2) is 30.4 Å². The smallest absolute Gasteiger partial charge is 0.747 e. The van der Waals surface area contributed by atoms with Crippen molar-refractivity contribution in [2.24, 2.45) is 5.14 Å². The summed E-state index contributed by atoms with van der Waals surface area (Å²) >= 11 is 0. The van der Waals surface area contributed by atoms with Gasteiger partial charge in [-0.2, -0.15) is 0 Å². The summed E-state index contributed by atoms with van der Waals surface area (Å²) in [5.74, 6) is -2.37. The van der Waals surface area contributed by atoms with Crippen LogP contribution in [0.5, 0.6) is 0 Å². The average Bonchev–Trinajstić information content (AvgIpc) is 2.94. The summed E-state index contributed by atoms with van der Waals surface area (Å²) in [5.41, 5.74) is 0.197. The number of unbranched alkanes of at least 4 members (excludes halogenated alkanes) is 10. The van der Waals surface area contributed by atoms with Crippen LogP contribution >= 0.6 is 0 Å². The number of sulfone groups is 1. The summed E-state index contributed by atoms with van der Waals surface area (Å²) in [6.07, 6.45) is 12.2. The third-order valence-electron chi connectivity index (χ3n) is 6.16. The van der Waals surface area contributed by atoms with Crippen molar-refractivity contribution in [1.82, 2.24) is 0 Å². The molecule has 2 N–H and O–H groups in total. The van der Waals surface area contributed by atoms with E-state index in [0.29, 0.717) is 12.8 Å². The molecule has 0 saturated carbocycles. The summed E-state index contributed by atoms with van der Waals surface area (Å²) in [7, 11) is -12.1. The largest absolute Gasteiger partial charge is 1.00 e. The maximum absolute atomic E-state index is 11.9. The minimum absolute atomic E-state index is 0. The predicted molar refractivity (Wildman–Crippen MR) is 170 cm³/mol. The first-order valence-electron chi connectivity index (χ1n) is 14.9. The van der Waals surface area contributed by atoms with Crippen molar-refractivity contribution in [2.45, 2.75) is 113 Å². The molecule has 1 unspecified atom stereocenters. The second kappa shape index (κ2) is 27.5. The molecule has 262 valence electrons. The minimum Gasteiger partial charge on any atom is -0.747 e. The zero-order valence-corrected chi connectivity index (χ0v) is 32.1. The van der Waals surface area contributed by atoms with E-state index in [1.165, 1.54) is 24.6 Å². The first-order chi connectivity index (χ1) is 21.0. The van der Waals surface area contributed by atoms with Crippen LogP contribution in [-0.4, -0.2) is 73.3 Å². The molecule has 1 atom stereocenters. The molecule has 1 rings (SSSR count). The first kappa shape index (κ1) is 49.0. The monoisotopic (exact) mass is 723 g/mol.